The highest BCUT2D eigenvalue weighted by Gasteiger charge is 2.31. The highest BCUT2D eigenvalue weighted by Crippen LogP contribution is 2.24. The normalized spacial score (nSPS) is 12.7. The van der Waals surface area contributed by atoms with Gasteiger partial charge >= 0.3 is 5.97 Å². The summed E-state index contributed by atoms with van der Waals surface area (Å²) in [4.78, 5) is 11.5. The van der Waals surface area contributed by atoms with Gasteiger partial charge in [0, 0.05) is 0 Å². The van der Waals surface area contributed by atoms with E-state index in [1.165, 1.54) is 6.92 Å². The molecule has 1 unspecified atom stereocenters. The molecule has 0 aliphatic heterocycles. The van der Waals surface area contributed by atoms with Gasteiger partial charge in [0.25, 0.3) is 0 Å². The summed E-state index contributed by atoms with van der Waals surface area (Å²) in [5.74, 6) is -12.5. The lowest BCUT2D eigenvalue weighted by atomic mass is 10.1. The number of carbonyl (C=O) groups excluding carboxylic acids is 1. The summed E-state index contributed by atoms with van der Waals surface area (Å²) in [6.07, 6.45) is -0.321. The van der Waals surface area contributed by atoms with Gasteiger partial charge in [-0.15, -0.1) is 0 Å². The smallest absolute Gasteiger partial charge is 0.344 e. The first-order valence-corrected chi connectivity index (χ1v) is 5.89. The predicted molar refractivity (Wildman–Crippen MR) is 60.6 cm³/mol. The number of halogens is 5. The first-order valence-electron chi connectivity index (χ1n) is 5.89. The molecular formula is C13H13F5O2. The molecule has 0 heterocycles. The van der Waals surface area contributed by atoms with Gasteiger partial charge in [0.05, 0.1) is 6.10 Å². The highest BCUT2D eigenvalue weighted by molar-refractivity contribution is 5.90. The minimum Gasteiger partial charge on any atom is -0.459 e. The summed E-state index contributed by atoms with van der Waals surface area (Å²) in [6.45, 7) is 5.11. The van der Waals surface area contributed by atoms with Crippen molar-refractivity contribution >= 4 is 5.97 Å². The molecule has 0 aromatic heterocycles. The van der Waals surface area contributed by atoms with Crippen LogP contribution in [0.4, 0.5) is 22.0 Å². The maximum atomic E-state index is 13.3. The van der Waals surface area contributed by atoms with Gasteiger partial charge in [0.1, 0.15) is 5.56 Å². The Morgan fingerprint density at radius 3 is 1.70 bits per heavy atom. The zero-order valence-corrected chi connectivity index (χ0v) is 11.1. The van der Waals surface area contributed by atoms with E-state index in [2.05, 4.69) is 4.74 Å². The van der Waals surface area contributed by atoms with E-state index in [0.717, 1.165) is 0 Å². The summed E-state index contributed by atoms with van der Waals surface area (Å²) >= 11 is 0. The summed E-state index contributed by atoms with van der Waals surface area (Å²) in [6, 6.07) is 0. The number of esters is 1. The van der Waals surface area contributed by atoms with E-state index in [9.17, 15) is 26.7 Å². The zero-order chi connectivity index (χ0) is 15.6. The quantitative estimate of drug-likeness (QED) is 0.364. The Balaban J connectivity index is 3.11. The molecule has 0 aliphatic rings. The van der Waals surface area contributed by atoms with E-state index in [-0.39, 0.29) is 5.92 Å². The molecule has 0 saturated heterocycles. The molecule has 20 heavy (non-hydrogen) atoms. The second-order valence-corrected chi connectivity index (χ2v) is 4.79. The number of rotatable bonds is 4. The van der Waals surface area contributed by atoms with Gasteiger partial charge in [-0.1, -0.05) is 13.8 Å². The van der Waals surface area contributed by atoms with Crippen LogP contribution in [0.5, 0.6) is 0 Å². The van der Waals surface area contributed by atoms with Crippen molar-refractivity contribution in [3.8, 4) is 0 Å². The maximum absolute atomic E-state index is 13.3. The molecule has 2 nitrogen and oxygen atoms in total. The van der Waals surface area contributed by atoms with Crippen LogP contribution in [0.1, 0.15) is 37.6 Å². The third-order valence-electron chi connectivity index (χ3n) is 2.53. The number of hydrogen-bond acceptors (Lipinski definition) is 2. The lowest BCUT2D eigenvalue weighted by molar-refractivity contribution is 0.0285. The van der Waals surface area contributed by atoms with Crippen molar-refractivity contribution in [1.29, 1.82) is 0 Å². The molecule has 0 amide bonds. The van der Waals surface area contributed by atoms with Crippen LogP contribution in [0.25, 0.3) is 0 Å². The minimum atomic E-state index is -2.31. The Morgan fingerprint density at radius 1 is 0.900 bits per heavy atom. The fourth-order valence-electron chi connectivity index (χ4n) is 1.74. The first kappa shape index (κ1) is 16.4. The van der Waals surface area contributed by atoms with Gasteiger partial charge in [-0.05, 0) is 19.3 Å². The van der Waals surface area contributed by atoms with Gasteiger partial charge in [-0.3, -0.25) is 0 Å². The van der Waals surface area contributed by atoms with Gasteiger partial charge in [0.15, 0.2) is 23.3 Å². The van der Waals surface area contributed by atoms with E-state index >= 15 is 0 Å². The average Bonchev–Trinajstić information content (AvgIpc) is 2.33. The molecular weight excluding hydrogens is 283 g/mol. The third kappa shape index (κ3) is 3.26. The molecule has 1 aromatic rings. The van der Waals surface area contributed by atoms with Crippen LogP contribution in [0.15, 0.2) is 0 Å². The molecule has 0 spiro atoms. The molecule has 0 fully saturated rings. The van der Waals surface area contributed by atoms with E-state index in [4.69, 9.17) is 0 Å². The molecule has 1 rings (SSSR count). The van der Waals surface area contributed by atoms with Crippen LogP contribution >= 0.6 is 0 Å². The Morgan fingerprint density at radius 2 is 1.30 bits per heavy atom. The first-order chi connectivity index (χ1) is 9.16. The van der Waals surface area contributed by atoms with Gasteiger partial charge in [-0.25, -0.2) is 26.7 Å². The maximum Gasteiger partial charge on any atom is 0.344 e. The van der Waals surface area contributed by atoms with E-state index in [1.54, 1.807) is 0 Å². The van der Waals surface area contributed by atoms with Crippen LogP contribution in [0.2, 0.25) is 0 Å². The van der Waals surface area contributed by atoms with E-state index in [0.29, 0.717) is 6.42 Å². The number of benzene rings is 1. The van der Waals surface area contributed by atoms with Crippen LogP contribution in [0.3, 0.4) is 0 Å². The topological polar surface area (TPSA) is 26.3 Å². The fraction of sp³-hybridized carbons (Fsp3) is 0.462. The molecule has 0 radical (unpaired) electrons. The Kier molecular flexibility index (Phi) is 5.08. The van der Waals surface area contributed by atoms with Crippen molar-refractivity contribution in [3.05, 3.63) is 34.6 Å². The summed E-state index contributed by atoms with van der Waals surface area (Å²) < 4.78 is 70.1. The molecule has 7 heteroatoms. The molecule has 112 valence electrons. The van der Waals surface area contributed by atoms with Gasteiger partial charge in [0.2, 0.25) is 5.82 Å². The van der Waals surface area contributed by atoms with Crippen LogP contribution in [-0.2, 0) is 4.74 Å². The molecule has 1 atom stereocenters. The van der Waals surface area contributed by atoms with Gasteiger partial charge in [-0.2, -0.15) is 0 Å². The summed E-state index contributed by atoms with van der Waals surface area (Å²) in [7, 11) is 0. The molecule has 0 saturated carbocycles. The Labute approximate surface area is 112 Å². The molecule has 0 N–H and O–H groups in total. The van der Waals surface area contributed by atoms with E-state index in [1.807, 2.05) is 13.8 Å². The average molecular weight is 296 g/mol. The standard InChI is InChI=1S/C13H13F5O2/c1-5(2)4-6(3)20-13(19)7-8(14)10(16)12(18)11(17)9(7)15/h5-6H,4H2,1-3H3. The second-order valence-electron chi connectivity index (χ2n) is 4.79. The molecule has 1 aromatic carbocycles. The second kappa shape index (κ2) is 6.19. The van der Waals surface area contributed by atoms with Crippen molar-refractivity contribution in [2.45, 2.75) is 33.3 Å². The minimum absolute atomic E-state index is 0.134. The van der Waals surface area contributed by atoms with Crippen molar-refractivity contribution in [2.75, 3.05) is 0 Å². The lowest BCUT2D eigenvalue weighted by Crippen LogP contribution is -2.21. The van der Waals surface area contributed by atoms with Crippen molar-refractivity contribution in [1.82, 2.24) is 0 Å². The predicted octanol–water partition coefficient (Wildman–Crippen LogP) is 3.97. The third-order valence-corrected chi connectivity index (χ3v) is 2.53. The van der Waals surface area contributed by atoms with Crippen molar-refractivity contribution in [2.24, 2.45) is 5.92 Å². The van der Waals surface area contributed by atoms with Crippen LogP contribution in [0, 0.1) is 35.0 Å². The lowest BCUT2D eigenvalue weighted by Gasteiger charge is -2.16. The van der Waals surface area contributed by atoms with Crippen molar-refractivity contribution < 1.29 is 31.5 Å². The fourth-order valence-corrected chi connectivity index (χ4v) is 1.74. The van der Waals surface area contributed by atoms with Crippen molar-refractivity contribution in [3.63, 3.8) is 0 Å². The number of carbonyl (C=O) groups is 1. The largest absolute Gasteiger partial charge is 0.459 e. The van der Waals surface area contributed by atoms with E-state index < -0.39 is 46.7 Å². The Bertz CT molecular complexity index is 499. The van der Waals surface area contributed by atoms with Gasteiger partial charge < -0.3 is 4.74 Å². The molecule has 0 bridgehead atoms. The number of hydrogen-bond donors (Lipinski definition) is 0. The number of ether oxygens (including phenoxy) is 1. The summed E-state index contributed by atoms with van der Waals surface area (Å²) in [5, 5.41) is 0. The Hall–Kier alpha value is -1.66. The highest BCUT2D eigenvalue weighted by atomic mass is 19.2. The zero-order valence-electron chi connectivity index (χ0n) is 11.1. The monoisotopic (exact) mass is 296 g/mol. The SMILES string of the molecule is CC(C)CC(C)OC(=O)c1c(F)c(F)c(F)c(F)c1F. The molecule has 0 aliphatic carbocycles. The van der Waals surface area contributed by atoms with Crippen LogP contribution < -0.4 is 0 Å². The van der Waals surface area contributed by atoms with Crippen LogP contribution in [-0.4, -0.2) is 12.1 Å². The summed E-state index contributed by atoms with van der Waals surface area (Å²) in [5.41, 5.74) is -1.57.